The Balaban J connectivity index is 2.38. The minimum absolute atomic E-state index is 0.523. The lowest BCUT2D eigenvalue weighted by Gasteiger charge is -2.10. The molecule has 0 fully saturated rings. The Hall–Kier alpha value is -1.10. The summed E-state index contributed by atoms with van der Waals surface area (Å²) in [6, 6.07) is 0. The SMILES string of the molecule is CCCN=C(NCC)NCCc1csc(C(C)C)n1. The van der Waals surface area contributed by atoms with Gasteiger partial charge in [-0.25, -0.2) is 4.98 Å². The van der Waals surface area contributed by atoms with Gasteiger partial charge in [-0.3, -0.25) is 4.99 Å². The minimum Gasteiger partial charge on any atom is -0.357 e. The number of nitrogens with one attached hydrogen (secondary N) is 2. The summed E-state index contributed by atoms with van der Waals surface area (Å²) in [4.78, 5) is 9.11. The van der Waals surface area contributed by atoms with Crippen LogP contribution in [-0.4, -0.2) is 30.6 Å². The average molecular weight is 282 g/mol. The van der Waals surface area contributed by atoms with Gasteiger partial charge in [0.05, 0.1) is 10.7 Å². The monoisotopic (exact) mass is 282 g/mol. The Bertz CT molecular complexity index is 385. The van der Waals surface area contributed by atoms with Crippen molar-refractivity contribution in [1.82, 2.24) is 15.6 Å². The smallest absolute Gasteiger partial charge is 0.191 e. The molecule has 1 aromatic heterocycles. The van der Waals surface area contributed by atoms with Crippen LogP contribution in [0, 0.1) is 0 Å². The summed E-state index contributed by atoms with van der Waals surface area (Å²) >= 11 is 1.76. The van der Waals surface area contributed by atoms with E-state index < -0.39 is 0 Å². The lowest BCUT2D eigenvalue weighted by atomic mass is 10.2. The van der Waals surface area contributed by atoms with Crippen molar-refractivity contribution in [1.29, 1.82) is 0 Å². The van der Waals surface area contributed by atoms with Gasteiger partial charge in [-0.1, -0.05) is 20.8 Å². The summed E-state index contributed by atoms with van der Waals surface area (Å²) in [6.07, 6.45) is 2.01. The Morgan fingerprint density at radius 3 is 2.74 bits per heavy atom. The van der Waals surface area contributed by atoms with Crippen LogP contribution in [-0.2, 0) is 6.42 Å². The minimum atomic E-state index is 0.523. The third kappa shape index (κ3) is 6.05. The molecule has 1 aromatic rings. The zero-order valence-corrected chi connectivity index (χ0v) is 13.3. The van der Waals surface area contributed by atoms with E-state index in [4.69, 9.17) is 0 Å². The van der Waals surface area contributed by atoms with Gasteiger partial charge in [0.2, 0.25) is 0 Å². The molecule has 0 spiro atoms. The lowest BCUT2D eigenvalue weighted by molar-refractivity contribution is 0.777. The Morgan fingerprint density at radius 1 is 1.37 bits per heavy atom. The van der Waals surface area contributed by atoms with Crippen LogP contribution in [0.5, 0.6) is 0 Å². The Kier molecular flexibility index (Phi) is 7.48. The summed E-state index contributed by atoms with van der Waals surface area (Å²) in [5.74, 6) is 1.43. The normalized spacial score (nSPS) is 11.9. The van der Waals surface area contributed by atoms with Crippen molar-refractivity contribution in [3.05, 3.63) is 16.1 Å². The molecule has 0 unspecified atom stereocenters. The maximum atomic E-state index is 4.63. The molecule has 0 radical (unpaired) electrons. The van der Waals surface area contributed by atoms with Gasteiger partial charge in [0.1, 0.15) is 0 Å². The standard InChI is InChI=1S/C14H26N4S/c1-5-8-16-14(15-6-2)17-9-7-12-10-19-13(18-12)11(3)4/h10-11H,5-9H2,1-4H3,(H2,15,16,17). The number of aromatic nitrogens is 1. The van der Waals surface area contributed by atoms with Gasteiger partial charge in [0.15, 0.2) is 5.96 Å². The molecule has 0 aliphatic carbocycles. The number of thiazole rings is 1. The van der Waals surface area contributed by atoms with Crippen LogP contribution in [0.1, 0.15) is 50.7 Å². The first-order chi connectivity index (χ1) is 9.17. The molecule has 0 aliphatic heterocycles. The van der Waals surface area contributed by atoms with Crippen molar-refractivity contribution in [3.8, 4) is 0 Å². The topological polar surface area (TPSA) is 49.3 Å². The van der Waals surface area contributed by atoms with Gasteiger partial charge in [0, 0.05) is 37.4 Å². The molecule has 1 rings (SSSR count). The van der Waals surface area contributed by atoms with Crippen LogP contribution >= 0.6 is 11.3 Å². The number of aliphatic imine (C=N–C) groups is 1. The van der Waals surface area contributed by atoms with E-state index in [1.165, 1.54) is 10.7 Å². The predicted octanol–water partition coefficient (Wildman–Crippen LogP) is 2.77. The van der Waals surface area contributed by atoms with E-state index in [0.29, 0.717) is 5.92 Å². The molecule has 1 heterocycles. The molecule has 0 amide bonds. The largest absolute Gasteiger partial charge is 0.357 e. The molecule has 0 saturated heterocycles. The highest BCUT2D eigenvalue weighted by Crippen LogP contribution is 2.19. The van der Waals surface area contributed by atoms with Crippen molar-refractivity contribution >= 4 is 17.3 Å². The molecule has 0 saturated carbocycles. The Labute approximate surface area is 120 Å². The fraction of sp³-hybridized carbons (Fsp3) is 0.714. The van der Waals surface area contributed by atoms with E-state index in [1.807, 2.05) is 0 Å². The first-order valence-corrected chi connectivity index (χ1v) is 8.01. The van der Waals surface area contributed by atoms with E-state index in [0.717, 1.165) is 38.4 Å². The van der Waals surface area contributed by atoms with Gasteiger partial charge in [-0.2, -0.15) is 0 Å². The third-order valence-corrected chi connectivity index (χ3v) is 3.77. The van der Waals surface area contributed by atoms with Gasteiger partial charge >= 0.3 is 0 Å². The highest BCUT2D eigenvalue weighted by molar-refractivity contribution is 7.09. The molecule has 0 aliphatic rings. The first kappa shape index (κ1) is 16.0. The molecule has 5 heteroatoms. The number of hydrogen-bond acceptors (Lipinski definition) is 3. The summed E-state index contributed by atoms with van der Waals surface area (Å²) in [6.45, 7) is 11.2. The summed E-state index contributed by atoms with van der Waals surface area (Å²) in [5.41, 5.74) is 1.17. The number of hydrogen-bond donors (Lipinski definition) is 2. The zero-order chi connectivity index (χ0) is 14.1. The van der Waals surface area contributed by atoms with Gasteiger partial charge in [-0.05, 0) is 13.3 Å². The van der Waals surface area contributed by atoms with Gasteiger partial charge < -0.3 is 10.6 Å². The van der Waals surface area contributed by atoms with E-state index in [9.17, 15) is 0 Å². The number of nitrogens with zero attached hydrogens (tertiary/aromatic N) is 2. The van der Waals surface area contributed by atoms with Crippen molar-refractivity contribution < 1.29 is 0 Å². The van der Waals surface area contributed by atoms with Gasteiger partial charge in [0.25, 0.3) is 0 Å². The van der Waals surface area contributed by atoms with Crippen LogP contribution in [0.4, 0.5) is 0 Å². The Morgan fingerprint density at radius 2 is 2.16 bits per heavy atom. The highest BCUT2D eigenvalue weighted by Gasteiger charge is 2.05. The van der Waals surface area contributed by atoms with Crippen LogP contribution < -0.4 is 10.6 Å². The van der Waals surface area contributed by atoms with Crippen LogP contribution in [0.15, 0.2) is 10.4 Å². The summed E-state index contributed by atoms with van der Waals surface area (Å²) in [7, 11) is 0. The van der Waals surface area contributed by atoms with Crippen LogP contribution in [0.3, 0.4) is 0 Å². The van der Waals surface area contributed by atoms with Crippen molar-refractivity contribution in [2.75, 3.05) is 19.6 Å². The zero-order valence-electron chi connectivity index (χ0n) is 12.5. The lowest BCUT2D eigenvalue weighted by Crippen LogP contribution is -2.38. The van der Waals surface area contributed by atoms with Crippen LogP contribution in [0.25, 0.3) is 0 Å². The average Bonchev–Trinajstić information content (AvgIpc) is 2.85. The number of guanidine groups is 1. The molecule has 2 N–H and O–H groups in total. The predicted molar refractivity (Wildman–Crippen MR) is 84.2 cm³/mol. The van der Waals surface area contributed by atoms with E-state index in [2.05, 4.69) is 53.7 Å². The maximum absolute atomic E-state index is 4.63. The van der Waals surface area contributed by atoms with Gasteiger partial charge in [-0.15, -0.1) is 11.3 Å². The fourth-order valence-corrected chi connectivity index (χ4v) is 2.45. The third-order valence-electron chi connectivity index (χ3n) is 2.57. The molecule has 108 valence electrons. The molecule has 4 nitrogen and oxygen atoms in total. The molecule has 0 aromatic carbocycles. The van der Waals surface area contributed by atoms with Crippen molar-refractivity contribution in [3.63, 3.8) is 0 Å². The second-order valence-corrected chi connectivity index (χ2v) is 5.66. The molecule has 19 heavy (non-hydrogen) atoms. The van der Waals surface area contributed by atoms with Crippen molar-refractivity contribution in [2.45, 2.75) is 46.5 Å². The molecular weight excluding hydrogens is 256 g/mol. The van der Waals surface area contributed by atoms with E-state index >= 15 is 0 Å². The highest BCUT2D eigenvalue weighted by atomic mass is 32.1. The second kappa shape index (κ2) is 8.91. The molecular formula is C14H26N4S. The second-order valence-electron chi connectivity index (χ2n) is 4.77. The summed E-state index contributed by atoms with van der Waals surface area (Å²) in [5, 5.41) is 9.98. The van der Waals surface area contributed by atoms with Crippen molar-refractivity contribution in [2.24, 2.45) is 4.99 Å². The van der Waals surface area contributed by atoms with E-state index in [-0.39, 0.29) is 0 Å². The van der Waals surface area contributed by atoms with E-state index in [1.54, 1.807) is 11.3 Å². The first-order valence-electron chi connectivity index (χ1n) is 7.13. The quantitative estimate of drug-likeness (QED) is 0.597. The summed E-state index contributed by atoms with van der Waals surface area (Å²) < 4.78 is 0. The molecule has 0 bridgehead atoms. The number of rotatable bonds is 7. The molecule has 0 atom stereocenters. The maximum Gasteiger partial charge on any atom is 0.191 e. The fourth-order valence-electron chi connectivity index (χ4n) is 1.58. The van der Waals surface area contributed by atoms with Crippen LogP contribution in [0.2, 0.25) is 0 Å².